The van der Waals surface area contributed by atoms with Crippen molar-refractivity contribution in [3.63, 3.8) is 0 Å². The number of carbonyl (C=O) groups is 2. The summed E-state index contributed by atoms with van der Waals surface area (Å²) in [6, 6.07) is 0.162. The van der Waals surface area contributed by atoms with Crippen LogP contribution in [0.1, 0.15) is 124 Å². The molecule has 1 aliphatic carbocycles. The molecule has 0 aromatic rings. The van der Waals surface area contributed by atoms with Gasteiger partial charge in [0, 0.05) is 25.0 Å². The van der Waals surface area contributed by atoms with Crippen molar-refractivity contribution in [3.05, 3.63) is 11.1 Å². The second-order valence-corrected chi connectivity index (χ2v) is 11.5. The van der Waals surface area contributed by atoms with E-state index >= 15 is 0 Å². The Balaban J connectivity index is 1.81. The summed E-state index contributed by atoms with van der Waals surface area (Å²) in [6.07, 6.45) is 18.3. The summed E-state index contributed by atoms with van der Waals surface area (Å²) in [4.78, 5) is 27.0. The highest BCUT2D eigenvalue weighted by Crippen LogP contribution is 2.37. The van der Waals surface area contributed by atoms with Gasteiger partial charge in [-0.25, -0.2) is 4.79 Å². The average molecular weight is 506 g/mol. The predicted octanol–water partition coefficient (Wildman–Crippen LogP) is 6.90. The van der Waals surface area contributed by atoms with Gasteiger partial charge < -0.3 is 15.7 Å². The maximum atomic E-state index is 13.3. The molecular weight excluding hydrogens is 450 g/mol. The van der Waals surface area contributed by atoms with Crippen molar-refractivity contribution in [3.8, 4) is 0 Å². The minimum absolute atomic E-state index is 0.00561. The summed E-state index contributed by atoms with van der Waals surface area (Å²) in [5, 5.41) is 15.1. The van der Waals surface area contributed by atoms with E-state index in [-0.39, 0.29) is 23.8 Å². The van der Waals surface area contributed by atoms with Crippen molar-refractivity contribution in [1.82, 2.24) is 15.5 Å². The fraction of sp³-hybridized carbons (Fsp3) is 0.867. The van der Waals surface area contributed by atoms with E-state index in [9.17, 15) is 14.7 Å². The van der Waals surface area contributed by atoms with Crippen LogP contribution in [0.2, 0.25) is 0 Å². The van der Waals surface area contributed by atoms with E-state index in [1.165, 1.54) is 88.2 Å². The first-order valence-corrected chi connectivity index (χ1v) is 15.1. The van der Waals surface area contributed by atoms with Gasteiger partial charge in [0.2, 0.25) is 5.91 Å². The first-order chi connectivity index (χ1) is 17.4. The molecule has 1 saturated heterocycles. The molecule has 3 unspecified atom stereocenters. The molecule has 2 amide bonds. The lowest BCUT2D eigenvalue weighted by Gasteiger charge is -2.39. The number of piperidine rings is 1. The van der Waals surface area contributed by atoms with Crippen LogP contribution in [-0.4, -0.2) is 54.2 Å². The lowest BCUT2D eigenvalue weighted by atomic mass is 9.73. The van der Waals surface area contributed by atoms with Gasteiger partial charge in [-0.3, -0.25) is 9.69 Å². The van der Waals surface area contributed by atoms with Crippen molar-refractivity contribution in [2.24, 2.45) is 11.8 Å². The van der Waals surface area contributed by atoms with E-state index in [1.807, 2.05) is 0 Å². The van der Waals surface area contributed by atoms with E-state index < -0.39 is 6.09 Å². The highest BCUT2D eigenvalue weighted by molar-refractivity contribution is 5.79. The van der Waals surface area contributed by atoms with Crippen molar-refractivity contribution < 1.29 is 14.7 Å². The summed E-state index contributed by atoms with van der Waals surface area (Å²) in [7, 11) is 0. The number of carboxylic acid groups (broad SMARTS) is 1. The molecule has 2 aliphatic rings. The highest BCUT2D eigenvalue weighted by atomic mass is 16.4. The second-order valence-electron chi connectivity index (χ2n) is 11.5. The third kappa shape index (κ3) is 11.7. The number of allylic oxidation sites excluding steroid dienone is 2. The quantitative estimate of drug-likeness (QED) is 0.148. The summed E-state index contributed by atoms with van der Waals surface area (Å²) >= 11 is 0. The first-order valence-electron chi connectivity index (χ1n) is 15.1. The molecule has 0 radical (unpaired) electrons. The van der Waals surface area contributed by atoms with Crippen molar-refractivity contribution >= 4 is 12.0 Å². The van der Waals surface area contributed by atoms with Crippen LogP contribution in [0.15, 0.2) is 11.1 Å². The zero-order valence-corrected chi connectivity index (χ0v) is 23.6. The van der Waals surface area contributed by atoms with E-state index in [4.69, 9.17) is 0 Å². The van der Waals surface area contributed by atoms with Crippen LogP contribution in [0.4, 0.5) is 4.79 Å². The Kier molecular flexibility index (Phi) is 15.2. The number of unbranched alkanes of at least 4 members (excludes halogenated alkanes) is 9. The van der Waals surface area contributed by atoms with Crippen LogP contribution >= 0.6 is 0 Å². The molecule has 0 aromatic heterocycles. The number of likely N-dealkylation sites (tertiary alicyclic amines) is 1. The number of amides is 2. The smallest absolute Gasteiger partial charge is 0.404 e. The molecule has 1 fully saturated rings. The molecule has 0 aromatic carbocycles. The normalized spacial score (nSPS) is 21.9. The Hall–Kier alpha value is -1.56. The highest BCUT2D eigenvalue weighted by Gasteiger charge is 2.35. The number of nitrogens with one attached hydrogen (secondary N) is 2. The van der Waals surface area contributed by atoms with E-state index in [0.29, 0.717) is 6.54 Å². The lowest BCUT2D eigenvalue weighted by Crippen LogP contribution is -2.48. The molecule has 3 atom stereocenters. The maximum Gasteiger partial charge on any atom is 0.404 e. The monoisotopic (exact) mass is 505 g/mol. The minimum atomic E-state index is -0.960. The summed E-state index contributed by atoms with van der Waals surface area (Å²) in [5.41, 5.74) is 2.76. The molecule has 2 rings (SSSR count). The molecule has 0 saturated carbocycles. The van der Waals surface area contributed by atoms with Crippen LogP contribution in [0, 0.1) is 11.8 Å². The van der Waals surface area contributed by atoms with Crippen LogP contribution in [0.5, 0.6) is 0 Å². The first kappa shape index (κ1) is 30.7. The Morgan fingerprint density at radius 1 is 0.861 bits per heavy atom. The number of hydrogen-bond acceptors (Lipinski definition) is 3. The largest absolute Gasteiger partial charge is 0.465 e. The molecule has 6 heteroatoms. The molecule has 3 N–H and O–H groups in total. The van der Waals surface area contributed by atoms with E-state index in [2.05, 4.69) is 36.3 Å². The third-order valence-electron chi connectivity index (χ3n) is 8.53. The van der Waals surface area contributed by atoms with E-state index in [0.717, 1.165) is 45.3 Å². The zero-order valence-electron chi connectivity index (χ0n) is 23.6. The van der Waals surface area contributed by atoms with Crippen LogP contribution in [0.25, 0.3) is 0 Å². The fourth-order valence-corrected chi connectivity index (χ4v) is 6.09. The van der Waals surface area contributed by atoms with E-state index in [1.54, 1.807) is 0 Å². The van der Waals surface area contributed by atoms with Gasteiger partial charge in [0.15, 0.2) is 0 Å². The SMILES string of the molecule is CCCCCCCCCCCCNC(=O)C1CC(C)=C(C)CC1CC(CNC(=O)O)N1CCCCC1. The van der Waals surface area contributed by atoms with Gasteiger partial charge in [-0.15, -0.1) is 0 Å². The molecule has 0 spiro atoms. The molecular formula is C30H55N3O3. The summed E-state index contributed by atoms with van der Waals surface area (Å²) < 4.78 is 0. The predicted molar refractivity (Wildman–Crippen MR) is 149 cm³/mol. The van der Waals surface area contributed by atoms with Gasteiger partial charge in [0.25, 0.3) is 0 Å². The number of carbonyl (C=O) groups excluding carboxylic acids is 1. The van der Waals surface area contributed by atoms with Crippen LogP contribution in [0.3, 0.4) is 0 Å². The Labute approximate surface area is 221 Å². The van der Waals surface area contributed by atoms with Crippen molar-refractivity contribution in [1.29, 1.82) is 0 Å². The van der Waals surface area contributed by atoms with Crippen molar-refractivity contribution in [2.75, 3.05) is 26.2 Å². The molecule has 0 bridgehead atoms. The van der Waals surface area contributed by atoms with Gasteiger partial charge in [0.05, 0.1) is 0 Å². The molecule has 6 nitrogen and oxygen atoms in total. The minimum Gasteiger partial charge on any atom is -0.465 e. The molecule has 36 heavy (non-hydrogen) atoms. The lowest BCUT2D eigenvalue weighted by molar-refractivity contribution is -0.127. The van der Waals surface area contributed by atoms with Gasteiger partial charge in [-0.2, -0.15) is 0 Å². The second kappa shape index (κ2) is 17.8. The summed E-state index contributed by atoms with van der Waals surface area (Å²) in [6.45, 7) is 9.91. The third-order valence-corrected chi connectivity index (χ3v) is 8.53. The van der Waals surface area contributed by atoms with Gasteiger partial charge >= 0.3 is 6.09 Å². The molecule has 1 aliphatic heterocycles. The average Bonchev–Trinajstić information content (AvgIpc) is 2.87. The molecule has 1 heterocycles. The summed E-state index contributed by atoms with van der Waals surface area (Å²) in [5.74, 6) is 0.462. The maximum absolute atomic E-state index is 13.3. The number of hydrogen-bond donors (Lipinski definition) is 3. The number of rotatable bonds is 17. The standard InChI is InChI=1S/C30H55N3O3/c1-4-5-6-7-8-9-10-11-12-14-17-31-29(34)28-21-25(3)24(2)20-26(28)22-27(23-32-30(35)36)33-18-15-13-16-19-33/h26-28,32H,4-23H2,1-3H3,(H,31,34)(H,35,36). The fourth-order valence-electron chi connectivity index (χ4n) is 6.09. The Morgan fingerprint density at radius 3 is 2.06 bits per heavy atom. The molecule has 208 valence electrons. The zero-order chi connectivity index (χ0) is 26.2. The Bertz CT molecular complexity index is 672. The number of nitrogens with zero attached hydrogens (tertiary/aromatic N) is 1. The van der Waals surface area contributed by atoms with Gasteiger partial charge in [-0.1, -0.05) is 82.3 Å². The van der Waals surface area contributed by atoms with Crippen molar-refractivity contribution in [2.45, 2.75) is 130 Å². The van der Waals surface area contributed by atoms with Crippen LogP contribution < -0.4 is 10.6 Å². The van der Waals surface area contributed by atoms with Crippen LogP contribution in [-0.2, 0) is 4.79 Å². The van der Waals surface area contributed by atoms with Gasteiger partial charge in [0.1, 0.15) is 0 Å². The Morgan fingerprint density at radius 2 is 1.44 bits per heavy atom. The van der Waals surface area contributed by atoms with Gasteiger partial charge in [-0.05, 0) is 71.4 Å². The topological polar surface area (TPSA) is 81.7 Å².